The molecule has 0 aliphatic heterocycles. The van der Waals surface area contributed by atoms with Crippen LogP contribution >= 0.6 is 0 Å². The quantitative estimate of drug-likeness (QED) is 0.631. The molecule has 1 aromatic rings. The lowest BCUT2D eigenvalue weighted by Gasteiger charge is -2.58. The van der Waals surface area contributed by atoms with Crippen molar-refractivity contribution < 1.29 is 14.3 Å². The SMILES string of the molecule is C=C(C)[C@@]1(C)C[C@@H]2C(=O)C(OC)(OC)c3ccccc3[C@@H]21. The number of carbonyl (C=O) groups is 1. The van der Waals surface area contributed by atoms with E-state index < -0.39 is 5.79 Å². The number of hydrogen-bond donors (Lipinski definition) is 0. The van der Waals surface area contributed by atoms with Crippen LogP contribution in [0, 0.1) is 11.3 Å². The Kier molecular flexibility index (Phi) is 3.12. The maximum Gasteiger partial charge on any atom is 0.256 e. The number of ether oxygens (including phenoxy) is 2. The average Bonchev–Trinajstić information content (AvgIpc) is 2.46. The summed E-state index contributed by atoms with van der Waals surface area (Å²) in [5, 5.41) is 0. The topological polar surface area (TPSA) is 35.5 Å². The van der Waals surface area contributed by atoms with E-state index in [0.717, 1.165) is 23.1 Å². The molecular formula is C18H22O3. The fourth-order valence-corrected chi connectivity index (χ4v) is 4.18. The van der Waals surface area contributed by atoms with Crippen LogP contribution in [0.1, 0.15) is 37.3 Å². The second kappa shape index (κ2) is 4.52. The molecule has 1 saturated carbocycles. The molecule has 0 bridgehead atoms. The van der Waals surface area contributed by atoms with Crippen molar-refractivity contribution in [3.63, 3.8) is 0 Å². The van der Waals surface area contributed by atoms with Crippen LogP contribution in [0.15, 0.2) is 36.4 Å². The summed E-state index contributed by atoms with van der Waals surface area (Å²) in [6.45, 7) is 8.40. The first kappa shape index (κ1) is 14.5. The normalized spacial score (nSPS) is 32.9. The largest absolute Gasteiger partial charge is 0.343 e. The Balaban J connectivity index is 2.22. The average molecular weight is 286 g/mol. The van der Waals surface area contributed by atoms with Crippen molar-refractivity contribution in [2.75, 3.05) is 14.2 Å². The summed E-state index contributed by atoms with van der Waals surface area (Å²) in [5.74, 6) is -1.10. The number of hydrogen-bond acceptors (Lipinski definition) is 3. The highest BCUT2D eigenvalue weighted by Gasteiger charge is 2.63. The van der Waals surface area contributed by atoms with Crippen molar-refractivity contribution in [2.45, 2.75) is 32.0 Å². The Morgan fingerprint density at radius 3 is 2.48 bits per heavy atom. The van der Waals surface area contributed by atoms with Gasteiger partial charge in [-0.3, -0.25) is 4.79 Å². The first-order valence-electron chi connectivity index (χ1n) is 7.32. The zero-order valence-electron chi connectivity index (χ0n) is 13.1. The van der Waals surface area contributed by atoms with Crippen molar-refractivity contribution >= 4 is 5.78 Å². The van der Waals surface area contributed by atoms with Gasteiger partial charge in [0.05, 0.1) is 0 Å². The van der Waals surface area contributed by atoms with E-state index in [1.807, 2.05) is 18.2 Å². The fourth-order valence-electron chi connectivity index (χ4n) is 4.18. The highest BCUT2D eigenvalue weighted by molar-refractivity contribution is 5.94. The molecule has 1 fully saturated rings. The number of benzene rings is 1. The monoisotopic (exact) mass is 286 g/mol. The van der Waals surface area contributed by atoms with Gasteiger partial charge in [-0.1, -0.05) is 43.3 Å². The second-order valence-corrected chi connectivity index (χ2v) is 6.46. The highest BCUT2D eigenvalue weighted by atomic mass is 16.7. The third-order valence-corrected chi connectivity index (χ3v) is 5.59. The van der Waals surface area contributed by atoms with Crippen molar-refractivity contribution in [1.29, 1.82) is 0 Å². The van der Waals surface area contributed by atoms with Gasteiger partial charge in [-0.15, -0.1) is 0 Å². The summed E-state index contributed by atoms with van der Waals surface area (Å²) in [6.07, 6.45) is 0.814. The lowest BCUT2D eigenvalue weighted by molar-refractivity contribution is -0.227. The number of Topliss-reactive ketones (excluding diaryl/α,β-unsaturated/α-hetero) is 1. The lowest BCUT2D eigenvalue weighted by atomic mass is 9.46. The predicted octanol–water partition coefficient (Wildman–Crippen LogP) is 3.40. The molecule has 0 unspecified atom stereocenters. The second-order valence-electron chi connectivity index (χ2n) is 6.46. The number of fused-ring (bicyclic) bond motifs is 3. The van der Waals surface area contributed by atoms with E-state index in [1.165, 1.54) is 14.2 Å². The standard InChI is InChI=1S/C18H22O3/c1-11(2)17(3)10-13-15(17)12-8-6-7-9-14(12)18(20-4,21-5)16(13)19/h6-9,13,15H,1,10H2,2-5H3/t13-,15-,17+/m0/s1. The predicted molar refractivity (Wildman–Crippen MR) is 80.9 cm³/mol. The summed E-state index contributed by atoms with van der Waals surface area (Å²) >= 11 is 0. The molecule has 1 aromatic carbocycles. The number of ketones is 1. The van der Waals surface area contributed by atoms with Gasteiger partial charge in [0.1, 0.15) is 0 Å². The van der Waals surface area contributed by atoms with Crippen molar-refractivity contribution in [2.24, 2.45) is 11.3 Å². The van der Waals surface area contributed by atoms with E-state index in [9.17, 15) is 4.79 Å². The van der Waals surface area contributed by atoms with E-state index in [0.29, 0.717) is 0 Å². The highest BCUT2D eigenvalue weighted by Crippen LogP contribution is 2.65. The third kappa shape index (κ3) is 1.59. The molecule has 0 amide bonds. The molecule has 0 heterocycles. The zero-order valence-corrected chi connectivity index (χ0v) is 13.1. The van der Waals surface area contributed by atoms with Gasteiger partial charge in [-0.05, 0) is 24.3 Å². The van der Waals surface area contributed by atoms with Crippen LogP contribution in [0.4, 0.5) is 0 Å². The van der Waals surface area contributed by atoms with Gasteiger partial charge >= 0.3 is 0 Å². The molecule has 3 atom stereocenters. The van der Waals surface area contributed by atoms with Crippen molar-refractivity contribution in [3.8, 4) is 0 Å². The van der Waals surface area contributed by atoms with Crippen LogP contribution in [-0.2, 0) is 20.1 Å². The molecule has 112 valence electrons. The van der Waals surface area contributed by atoms with Crippen LogP contribution in [0.3, 0.4) is 0 Å². The van der Waals surface area contributed by atoms with Crippen LogP contribution in [0.5, 0.6) is 0 Å². The number of rotatable bonds is 3. The Morgan fingerprint density at radius 1 is 1.29 bits per heavy atom. The zero-order chi connectivity index (χ0) is 15.4. The minimum Gasteiger partial charge on any atom is -0.343 e. The number of methoxy groups -OCH3 is 2. The van der Waals surface area contributed by atoms with E-state index in [2.05, 4.69) is 26.5 Å². The number of carbonyl (C=O) groups excluding carboxylic acids is 1. The molecule has 0 aromatic heterocycles. The smallest absolute Gasteiger partial charge is 0.256 e. The molecule has 0 saturated heterocycles. The molecule has 0 radical (unpaired) electrons. The summed E-state index contributed by atoms with van der Waals surface area (Å²) < 4.78 is 11.1. The van der Waals surface area contributed by atoms with E-state index in [-0.39, 0.29) is 23.0 Å². The maximum atomic E-state index is 13.0. The lowest BCUT2D eigenvalue weighted by Crippen LogP contribution is -2.59. The first-order valence-corrected chi connectivity index (χ1v) is 7.32. The van der Waals surface area contributed by atoms with Gasteiger partial charge in [0.25, 0.3) is 5.79 Å². The van der Waals surface area contributed by atoms with Gasteiger partial charge in [-0.25, -0.2) is 0 Å². The van der Waals surface area contributed by atoms with Gasteiger partial charge in [-0.2, -0.15) is 0 Å². The molecule has 0 N–H and O–H groups in total. The molecule has 3 heteroatoms. The van der Waals surface area contributed by atoms with E-state index >= 15 is 0 Å². The van der Waals surface area contributed by atoms with E-state index in [1.54, 1.807) is 0 Å². The van der Waals surface area contributed by atoms with Crippen molar-refractivity contribution in [3.05, 3.63) is 47.5 Å². The Labute approximate surface area is 125 Å². The van der Waals surface area contributed by atoms with Gasteiger partial charge in [0.15, 0.2) is 0 Å². The molecule has 2 aliphatic rings. The molecule has 21 heavy (non-hydrogen) atoms. The summed E-state index contributed by atoms with van der Waals surface area (Å²) in [4.78, 5) is 13.0. The van der Waals surface area contributed by atoms with Gasteiger partial charge in [0.2, 0.25) is 5.78 Å². The van der Waals surface area contributed by atoms with Crippen LogP contribution < -0.4 is 0 Å². The fraction of sp³-hybridized carbons (Fsp3) is 0.500. The molecular weight excluding hydrogens is 264 g/mol. The summed E-state index contributed by atoms with van der Waals surface area (Å²) in [7, 11) is 3.07. The summed E-state index contributed by atoms with van der Waals surface area (Å²) in [5.41, 5.74) is 3.11. The first-order chi connectivity index (χ1) is 9.92. The third-order valence-electron chi connectivity index (χ3n) is 5.59. The van der Waals surface area contributed by atoms with Crippen molar-refractivity contribution in [1.82, 2.24) is 0 Å². The Bertz CT molecular complexity index is 615. The van der Waals surface area contributed by atoms with Crippen LogP contribution in [0.25, 0.3) is 0 Å². The molecule has 0 spiro atoms. The van der Waals surface area contributed by atoms with E-state index in [4.69, 9.17) is 9.47 Å². The Morgan fingerprint density at radius 2 is 1.90 bits per heavy atom. The Hall–Kier alpha value is -1.45. The minimum atomic E-state index is -1.26. The van der Waals surface area contributed by atoms with Gasteiger partial charge in [0, 0.05) is 31.6 Å². The van der Waals surface area contributed by atoms with Crippen LogP contribution in [0.2, 0.25) is 0 Å². The maximum absolute atomic E-state index is 13.0. The molecule has 3 nitrogen and oxygen atoms in total. The minimum absolute atomic E-state index is 0.0237. The molecule has 3 rings (SSSR count). The number of allylic oxidation sites excluding steroid dienone is 1. The molecule has 2 aliphatic carbocycles. The summed E-state index contributed by atoms with van der Waals surface area (Å²) in [6, 6.07) is 7.97. The van der Waals surface area contributed by atoms with Gasteiger partial charge < -0.3 is 9.47 Å². The van der Waals surface area contributed by atoms with Crippen LogP contribution in [-0.4, -0.2) is 20.0 Å².